The van der Waals surface area contributed by atoms with Crippen LogP contribution in [-0.2, 0) is 4.74 Å². The van der Waals surface area contributed by atoms with Crippen molar-refractivity contribution in [2.24, 2.45) is 0 Å². The van der Waals surface area contributed by atoms with Gasteiger partial charge >= 0.3 is 5.97 Å². The van der Waals surface area contributed by atoms with E-state index >= 15 is 0 Å². The number of pyridine rings is 1. The lowest BCUT2D eigenvalue weighted by molar-refractivity contribution is 0.0697. The summed E-state index contributed by atoms with van der Waals surface area (Å²) in [5, 5.41) is 12.0. The summed E-state index contributed by atoms with van der Waals surface area (Å²) in [4.78, 5) is 14.8. The molecule has 0 spiro atoms. The molecular formula is C12H15ClN2O3. The second-order valence-electron chi connectivity index (χ2n) is 3.47. The van der Waals surface area contributed by atoms with Crippen LogP contribution in [0, 0.1) is 0 Å². The van der Waals surface area contributed by atoms with E-state index in [1.165, 1.54) is 12.3 Å². The highest BCUT2D eigenvalue weighted by atomic mass is 35.5. The van der Waals surface area contributed by atoms with Gasteiger partial charge in [0.2, 0.25) is 0 Å². The van der Waals surface area contributed by atoms with E-state index in [-0.39, 0.29) is 10.6 Å². The Morgan fingerprint density at radius 1 is 1.61 bits per heavy atom. The molecule has 0 bridgehead atoms. The zero-order valence-corrected chi connectivity index (χ0v) is 10.6. The normalized spacial score (nSPS) is 10.1. The van der Waals surface area contributed by atoms with Gasteiger partial charge in [-0.2, -0.15) is 0 Å². The molecule has 0 unspecified atom stereocenters. The van der Waals surface area contributed by atoms with E-state index in [0.29, 0.717) is 25.6 Å². The second kappa shape index (κ2) is 7.68. The van der Waals surface area contributed by atoms with Gasteiger partial charge in [0.15, 0.2) is 0 Å². The van der Waals surface area contributed by atoms with E-state index < -0.39 is 5.97 Å². The molecule has 0 saturated carbocycles. The first kappa shape index (κ1) is 14.5. The molecule has 0 aromatic carbocycles. The molecule has 18 heavy (non-hydrogen) atoms. The van der Waals surface area contributed by atoms with E-state index in [4.69, 9.17) is 21.4 Å². The Bertz CT molecular complexity index is 424. The molecule has 2 N–H and O–H groups in total. The average Bonchev–Trinajstić information content (AvgIpc) is 2.35. The number of aromatic carboxylic acids is 1. The molecule has 1 heterocycles. The molecule has 1 aromatic rings. The zero-order chi connectivity index (χ0) is 13.4. The van der Waals surface area contributed by atoms with Crippen LogP contribution in [0.15, 0.2) is 24.9 Å². The fourth-order valence-corrected chi connectivity index (χ4v) is 1.40. The van der Waals surface area contributed by atoms with Crippen molar-refractivity contribution in [3.63, 3.8) is 0 Å². The summed E-state index contributed by atoms with van der Waals surface area (Å²) in [6, 6.07) is 1.40. The van der Waals surface area contributed by atoms with Crippen LogP contribution in [-0.4, -0.2) is 35.8 Å². The van der Waals surface area contributed by atoms with E-state index in [1.54, 1.807) is 6.08 Å². The minimum atomic E-state index is -1.08. The maximum atomic E-state index is 10.8. The summed E-state index contributed by atoms with van der Waals surface area (Å²) < 4.78 is 5.29. The first-order valence-corrected chi connectivity index (χ1v) is 5.84. The molecule has 0 saturated heterocycles. The van der Waals surface area contributed by atoms with Crippen molar-refractivity contribution >= 4 is 23.4 Å². The predicted octanol–water partition coefficient (Wildman–Crippen LogP) is 2.44. The number of carboxylic acids is 1. The molecule has 0 atom stereocenters. The van der Waals surface area contributed by atoms with Gasteiger partial charge in [0.05, 0.1) is 23.8 Å². The summed E-state index contributed by atoms with van der Waals surface area (Å²) in [5.41, 5.74) is 0.0294. The van der Waals surface area contributed by atoms with Crippen molar-refractivity contribution in [3.05, 3.63) is 35.5 Å². The molecule has 1 aromatic heterocycles. The maximum Gasteiger partial charge on any atom is 0.337 e. The number of ether oxygens (including phenoxy) is 1. The molecule has 0 amide bonds. The number of nitrogens with one attached hydrogen (secondary N) is 1. The highest BCUT2D eigenvalue weighted by Gasteiger charge is 2.09. The SMILES string of the molecule is C=CCCOCCNc1cc(C(=O)O)c(Cl)cn1. The topological polar surface area (TPSA) is 71.5 Å². The van der Waals surface area contributed by atoms with Gasteiger partial charge < -0.3 is 15.2 Å². The van der Waals surface area contributed by atoms with E-state index in [9.17, 15) is 4.79 Å². The quantitative estimate of drug-likeness (QED) is 0.561. The Morgan fingerprint density at radius 3 is 3.06 bits per heavy atom. The zero-order valence-electron chi connectivity index (χ0n) is 9.86. The lowest BCUT2D eigenvalue weighted by atomic mass is 10.2. The van der Waals surface area contributed by atoms with Crippen molar-refractivity contribution in [1.82, 2.24) is 4.98 Å². The van der Waals surface area contributed by atoms with Crippen LogP contribution in [0.5, 0.6) is 0 Å². The van der Waals surface area contributed by atoms with Crippen LogP contribution in [0.4, 0.5) is 5.82 Å². The smallest absolute Gasteiger partial charge is 0.337 e. The van der Waals surface area contributed by atoms with Gasteiger partial charge in [-0.15, -0.1) is 6.58 Å². The molecule has 0 radical (unpaired) electrons. The third-order valence-corrected chi connectivity index (χ3v) is 2.41. The fourth-order valence-electron chi connectivity index (χ4n) is 1.22. The minimum absolute atomic E-state index is 0.0294. The van der Waals surface area contributed by atoms with Gasteiger partial charge in [0.1, 0.15) is 5.82 Å². The van der Waals surface area contributed by atoms with E-state index in [1.807, 2.05) is 0 Å². The fraction of sp³-hybridized carbons (Fsp3) is 0.333. The Kier molecular flexibility index (Phi) is 6.18. The van der Waals surface area contributed by atoms with Crippen LogP contribution in [0.2, 0.25) is 5.02 Å². The number of nitrogens with zero attached hydrogens (tertiary/aromatic N) is 1. The number of carboxylic acid groups (broad SMARTS) is 1. The molecule has 5 nitrogen and oxygen atoms in total. The maximum absolute atomic E-state index is 10.8. The molecule has 1 rings (SSSR count). The van der Waals surface area contributed by atoms with Crippen molar-refractivity contribution in [2.75, 3.05) is 25.1 Å². The molecule has 0 aliphatic heterocycles. The molecule has 0 aliphatic carbocycles. The molecule has 0 aliphatic rings. The van der Waals surface area contributed by atoms with Gasteiger partial charge in [-0.1, -0.05) is 17.7 Å². The summed E-state index contributed by atoms with van der Waals surface area (Å²) in [5.74, 6) is -0.614. The highest BCUT2D eigenvalue weighted by molar-refractivity contribution is 6.33. The average molecular weight is 271 g/mol. The van der Waals surface area contributed by atoms with E-state index in [2.05, 4.69) is 16.9 Å². The Hall–Kier alpha value is -1.59. The number of carbonyl (C=O) groups is 1. The minimum Gasteiger partial charge on any atom is -0.478 e. The molecular weight excluding hydrogens is 256 g/mol. The largest absolute Gasteiger partial charge is 0.478 e. The number of hydrogen-bond donors (Lipinski definition) is 2. The van der Waals surface area contributed by atoms with Gasteiger partial charge in [0, 0.05) is 12.7 Å². The number of rotatable bonds is 8. The summed E-state index contributed by atoms with van der Waals surface area (Å²) in [7, 11) is 0. The van der Waals surface area contributed by atoms with Crippen LogP contribution >= 0.6 is 11.6 Å². The molecule has 6 heteroatoms. The molecule has 0 fully saturated rings. The van der Waals surface area contributed by atoms with Crippen LogP contribution in [0.3, 0.4) is 0 Å². The standard InChI is InChI=1S/C12H15ClN2O3/c1-2-3-5-18-6-4-14-11-7-9(12(16)17)10(13)8-15-11/h2,7-8H,1,3-6H2,(H,14,15)(H,16,17). The number of anilines is 1. The number of aromatic nitrogens is 1. The lowest BCUT2D eigenvalue weighted by Crippen LogP contribution is -2.11. The van der Waals surface area contributed by atoms with E-state index in [0.717, 1.165) is 6.42 Å². The lowest BCUT2D eigenvalue weighted by Gasteiger charge is -2.07. The van der Waals surface area contributed by atoms with Crippen LogP contribution < -0.4 is 5.32 Å². The summed E-state index contributed by atoms with van der Waals surface area (Å²) in [6.45, 7) is 5.27. The monoisotopic (exact) mass is 270 g/mol. The van der Waals surface area contributed by atoms with Crippen molar-refractivity contribution in [1.29, 1.82) is 0 Å². The number of halogens is 1. The first-order valence-electron chi connectivity index (χ1n) is 5.46. The first-order chi connectivity index (χ1) is 8.65. The Labute approximate surface area is 110 Å². The highest BCUT2D eigenvalue weighted by Crippen LogP contribution is 2.17. The van der Waals surface area contributed by atoms with Crippen LogP contribution in [0.25, 0.3) is 0 Å². The second-order valence-corrected chi connectivity index (χ2v) is 3.88. The third-order valence-electron chi connectivity index (χ3n) is 2.10. The van der Waals surface area contributed by atoms with Gasteiger partial charge in [-0.25, -0.2) is 9.78 Å². The summed E-state index contributed by atoms with van der Waals surface area (Å²) in [6.07, 6.45) is 3.90. The number of hydrogen-bond acceptors (Lipinski definition) is 4. The van der Waals surface area contributed by atoms with Gasteiger partial charge in [-0.05, 0) is 12.5 Å². The molecule has 98 valence electrons. The third kappa shape index (κ3) is 4.73. The summed E-state index contributed by atoms with van der Waals surface area (Å²) >= 11 is 5.70. The van der Waals surface area contributed by atoms with Crippen molar-refractivity contribution in [3.8, 4) is 0 Å². The van der Waals surface area contributed by atoms with Crippen molar-refractivity contribution in [2.45, 2.75) is 6.42 Å². The predicted molar refractivity (Wildman–Crippen MR) is 70.3 cm³/mol. The van der Waals surface area contributed by atoms with Gasteiger partial charge in [0.25, 0.3) is 0 Å². The Morgan fingerprint density at radius 2 is 2.39 bits per heavy atom. The van der Waals surface area contributed by atoms with Crippen LogP contribution in [0.1, 0.15) is 16.8 Å². The van der Waals surface area contributed by atoms with Gasteiger partial charge in [-0.3, -0.25) is 0 Å². The van der Waals surface area contributed by atoms with Crippen molar-refractivity contribution < 1.29 is 14.6 Å². The Balaban J connectivity index is 2.41.